The van der Waals surface area contributed by atoms with Gasteiger partial charge in [0.05, 0.1) is 0 Å². The van der Waals surface area contributed by atoms with Gasteiger partial charge < -0.3 is 18.4 Å². The number of aliphatic hydroxyl groups is 1. The summed E-state index contributed by atoms with van der Waals surface area (Å²) in [5, 5.41) is 10.5. The number of aliphatic hydroxyl groups excluding tert-OH is 1. The summed E-state index contributed by atoms with van der Waals surface area (Å²) in [5.74, 6) is 0. The lowest BCUT2D eigenvalue weighted by molar-refractivity contribution is -0.0427. The van der Waals surface area contributed by atoms with E-state index in [0.29, 0.717) is 6.42 Å². The van der Waals surface area contributed by atoms with Gasteiger partial charge in [0.15, 0.2) is 0 Å². The average molecular weight is 307 g/mol. The minimum Gasteiger partial charge on any atom is -0.389 e. The Morgan fingerprint density at radius 3 is 1.20 bits per heavy atom. The molecule has 1 N–H and O–H groups in total. The quantitative estimate of drug-likeness (QED) is 0.592. The lowest BCUT2D eigenvalue weighted by Crippen LogP contribution is -2.60. The molecule has 0 radical (unpaired) electrons. The number of hydrogen-bond acceptors (Lipinski definition) is 4. The van der Waals surface area contributed by atoms with Gasteiger partial charge in [0, 0.05) is 18.3 Å². The highest BCUT2D eigenvalue weighted by Crippen LogP contribution is 2.25. The summed E-state index contributed by atoms with van der Waals surface area (Å²) in [4.78, 5) is 0. The van der Waals surface area contributed by atoms with E-state index in [1.54, 1.807) is 0 Å². The van der Waals surface area contributed by atoms with Crippen LogP contribution in [-0.2, 0) is 13.3 Å². The molecule has 20 heavy (non-hydrogen) atoms. The molecule has 5 heteroatoms. The third-order valence-corrected chi connectivity index (χ3v) is 7.03. The molecule has 4 nitrogen and oxygen atoms in total. The van der Waals surface area contributed by atoms with Crippen LogP contribution in [0.5, 0.6) is 0 Å². The Hall–Kier alpha value is 0.0569. The van der Waals surface area contributed by atoms with Crippen LogP contribution < -0.4 is 0 Å². The van der Waals surface area contributed by atoms with Gasteiger partial charge in [-0.3, -0.25) is 0 Å². The standard InChI is InChI=1S/C15H34O4Si/c1-8-12(5)17-20(15(16)11-4,18-13(6)9-2)19-14(7)10-3/h12-16H,8-11H2,1-7H3. The third-order valence-electron chi connectivity index (χ3n) is 3.62. The van der Waals surface area contributed by atoms with Gasteiger partial charge in [0.2, 0.25) is 0 Å². The second-order valence-corrected chi connectivity index (χ2v) is 8.12. The van der Waals surface area contributed by atoms with Gasteiger partial charge in [0.25, 0.3) is 0 Å². The average Bonchev–Trinajstić information content (AvgIpc) is 2.45. The molecule has 0 spiro atoms. The monoisotopic (exact) mass is 306 g/mol. The van der Waals surface area contributed by atoms with Crippen molar-refractivity contribution in [1.29, 1.82) is 0 Å². The first-order valence-corrected chi connectivity index (χ1v) is 9.86. The van der Waals surface area contributed by atoms with Crippen molar-refractivity contribution in [1.82, 2.24) is 0 Å². The molecule has 0 saturated heterocycles. The van der Waals surface area contributed by atoms with Crippen molar-refractivity contribution < 1.29 is 18.4 Å². The van der Waals surface area contributed by atoms with Crippen LogP contribution in [0.2, 0.25) is 0 Å². The third kappa shape index (κ3) is 6.22. The van der Waals surface area contributed by atoms with Crippen molar-refractivity contribution in [3.05, 3.63) is 0 Å². The minimum atomic E-state index is -3.10. The van der Waals surface area contributed by atoms with Gasteiger partial charge in [-0.25, -0.2) is 0 Å². The SMILES string of the molecule is CCC(C)O[Si](OC(C)CC)(OC(C)CC)C(O)CC. The molecule has 4 unspecified atom stereocenters. The Kier molecular flexibility index (Phi) is 9.92. The molecule has 0 amide bonds. The molecule has 0 rings (SSSR count). The molecule has 0 aliphatic rings. The van der Waals surface area contributed by atoms with Crippen LogP contribution in [0.3, 0.4) is 0 Å². The first kappa shape index (κ1) is 20.1. The Labute approximate surface area is 126 Å². The van der Waals surface area contributed by atoms with E-state index >= 15 is 0 Å². The van der Waals surface area contributed by atoms with Crippen molar-refractivity contribution in [2.24, 2.45) is 0 Å². The van der Waals surface area contributed by atoms with E-state index in [1.165, 1.54) is 0 Å². The topological polar surface area (TPSA) is 47.9 Å². The zero-order chi connectivity index (χ0) is 15.8. The zero-order valence-corrected chi connectivity index (χ0v) is 15.3. The fraction of sp³-hybridized carbons (Fsp3) is 1.00. The molecule has 0 heterocycles. The molecule has 122 valence electrons. The summed E-state index contributed by atoms with van der Waals surface area (Å²) in [7, 11) is -3.10. The highest BCUT2D eigenvalue weighted by molar-refractivity contribution is 6.62. The van der Waals surface area contributed by atoms with Crippen molar-refractivity contribution >= 4 is 8.80 Å². The summed E-state index contributed by atoms with van der Waals surface area (Å²) in [5.41, 5.74) is -0.667. The van der Waals surface area contributed by atoms with E-state index in [0.717, 1.165) is 19.3 Å². The molecule has 0 fully saturated rings. The molecule has 4 atom stereocenters. The van der Waals surface area contributed by atoms with E-state index in [4.69, 9.17) is 13.3 Å². The second kappa shape index (κ2) is 9.90. The van der Waals surface area contributed by atoms with E-state index in [2.05, 4.69) is 20.8 Å². The van der Waals surface area contributed by atoms with Crippen molar-refractivity contribution in [3.8, 4) is 0 Å². The summed E-state index contributed by atoms with van der Waals surface area (Å²) in [6.07, 6.45) is 3.27. The first-order chi connectivity index (χ1) is 9.34. The predicted molar refractivity (Wildman–Crippen MR) is 84.6 cm³/mol. The fourth-order valence-electron chi connectivity index (χ4n) is 1.66. The Morgan fingerprint density at radius 2 is 1.00 bits per heavy atom. The van der Waals surface area contributed by atoms with Crippen LogP contribution in [0, 0.1) is 0 Å². The van der Waals surface area contributed by atoms with Gasteiger partial charge in [-0.15, -0.1) is 0 Å². The molecular formula is C15H34O4Si. The summed E-state index contributed by atoms with van der Waals surface area (Å²) in [6.45, 7) is 14.1. The molecule has 0 aliphatic carbocycles. The van der Waals surface area contributed by atoms with Gasteiger partial charge in [-0.1, -0.05) is 27.7 Å². The highest BCUT2D eigenvalue weighted by Gasteiger charge is 2.51. The van der Waals surface area contributed by atoms with Gasteiger partial charge in [0.1, 0.15) is 5.73 Å². The molecule has 0 aromatic heterocycles. The smallest absolute Gasteiger partial charge is 0.389 e. The Balaban J connectivity index is 5.26. The first-order valence-electron chi connectivity index (χ1n) is 8.06. The molecular weight excluding hydrogens is 272 g/mol. The number of rotatable bonds is 11. The van der Waals surface area contributed by atoms with Gasteiger partial charge >= 0.3 is 8.80 Å². The van der Waals surface area contributed by atoms with Crippen molar-refractivity contribution in [2.75, 3.05) is 0 Å². The molecule has 0 saturated carbocycles. The van der Waals surface area contributed by atoms with Gasteiger partial charge in [-0.05, 0) is 46.5 Å². The van der Waals surface area contributed by atoms with Crippen LogP contribution >= 0.6 is 0 Å². The molecule has 0 aromatic rings. The zero-order valence-electron chi connectivity index (χ0n) is 14.3. The van der Waals surface area contributed by atoms with Crippen molar-refractivity contribution in [2.45, 2.75) is 98.2 Å². The lowest BCUT2D eigenvalue weighted by atomic mass is 10.3. The summed E-state index contributed by atoms with van der Waals surface area (Å²) in [6, 6.07) is 0. The van der Waals surface area contributed by atoms with E-state index < -0.39 is 14.5 Å². The Morgan fingerprint density at radius 1 is 0.700 bits per heavy atom. The van der Waals surface area contributed by atoms with Crippen LogP contribution in [-0.4, -0.2) is 38.0 Å². The van der Waals surface area contributed by atoms with E-state index in [-0.39, 0.29) is 18.3 Å². The maximum Gasteiger partial charge on any atom is 0.531 e. The fourth-order valence-corrected chi connectivity index (χ4v) is 4.98. The minimum absolute atomic E-state index is 0.0241. The maximum atomic E-state index is 10.5. The highest BCUT2D eigenvalue weighted by atomic mass is 28.4. The predicted octanol–water partition coefficient (Wildman–Crippen LogP) is 3.68. The molecule has 0 aliphatic heterocycles. The van der Waals surface area contributed by atoms with E-state index in [9.17, 15) is 5.11 Å². The largest absolute Gasteiger partial charge is 0.531 e. The second-order valence-electron chi connectivity index (χ2n) is 5.54. The van der Waals surface area contributed by atoms with E-state index in [1.807, 2.05) is 27.7 Å². The van der Waals surface area contributed by atoms with Crippen LogP contribution in [0.25, 0.3) is 0 Å². The van der Waals surface area contributed by atoms with Crippen LogP contribution in [0.15, 0.2) is 0 Å². The van der Waals surface area contributed by atoms with Crippen molar-refractivity contribution in [3.63, 3.8) is 0 Å². The molecule has 0 bridgehead atoms. The lowest BCUT2D eigenvalue weighted by Gasteiger charge is -2.38. The van der Waals surface area contributed by atoms with Gasteiger partial charge in [-0.2, -0.15) is 0 Å². The normalized spacial score (nSPS) is 21.0. The summed E-state index contributed by atoms with van der Waals surface area (Å²) < 4.78 is 18.4. The van der Waals surface area contributed by atoms with Crippen LogP contribution in [0.1, 0.15) is 74.1 Å². The molecule has 0 aromatic carbocycles. The maximum absolute atomic E-state index is 10.5. The summed E-state index contributed by atoms with van der Waals surface area (Å²) >= 11 is 0. The Bertz CT molecular complexity index is 219. The number of hydrogen-bond donors (Lipinski definition) is 1. The van der Waals surface area contributed by atoms with Crippen LogP contribution in [0.4, 0.5) is 0 Å².